The standard InChI is InChI=1S/C13H8ClF4N/c14-7-11-10(8-1-3-9(15)4-2-8)5-6-12(19-11)13(16,17)18/h1-6H,7H2. The summed E-state index contributed by atoms with van der Waals surface area (Å²) in [6, 6.07) is 7.57. The van der Waals surface area contributed by atoms with Gasteiger partial charge in [-0.2, -0.15) is 13.2 Å². The Morgan fingerprint density at radius 2 is 1.63 bits per heavy atom. The van der Waals surface area contributed by atoms with Crippen molar-refractivity contribution in [1.82, 2.24) is 4.98 Å². The maximum absolute atomic E-state index is 12.8. The summed E-state index contributed by atoms with van der Waals surface area (Å²) >= 11 is 5.63. The average molecular weight is 290 g/mol. The molecule has 100 valence electrons. The minimum absolute atomic E-state index is 0.114. The highest BCUT2D eigenvalue weighted by Gasteiger charge is 2.32. The monoisotopic (exact) mass is 289 g/mol. The molecule has 0 aliphatic rings. The summed E-state index contributed by atoms with van der Waals surface area (Å²) in [7, 11) is 0. The zero-order valence-corrected chi connectivity index (χ0v) is 10.3. The minimum Gasteiger partial charge on any atom is -0.246 e. The first-order valence-electron chi connectivity index (χ1n) is 5.31. The number of alkyl halides is 4. The lowest BCUT2D eigenvalue weighted by Crippen LogP contribution is -2.09. The first-order chi connectivity index (χ1) is 8.91. The van der Waals surface area contributed by atoms with E-state index in [1.807, 2.05) is 0 Å². The van der Waals surface area contributed by atoms with E-state index in [1.165, 1.54) is 30.3 Å². The van der Waals surface area contributed by atoms with Crippen molar-refractivity contribution in [3.8, 4) is 11.1 Å². The van der Waals surface area contributed by atoms with Crippen molar-refractivity contribution in [1.29, 1.82) is 0 Å². The van der Waals surface area contributed by atoms with Gasteiger partial charge in [-0.1, -0.05) is 18.2 Å². The van der Waals surface area contributed by atoms with E-state index in [1.54, 1.807) is 0 Å². The molecule has 0 spiro atoms. The van der Waals surface area contributed by atoms with Crippen LogP contribution in [0, 0.1) is 5.82 Å². The number of aromatic nitrogens is 1. The van der Waals surface area contributed by atoms with E-state index < -0.39 is 17.7 Å². The van der Waals surface area contributed by atoms with Gasteiger partial charge in [0.2, 0.25) is 0 Å². The molecule has 0 atom stereocenters. The number of rotatable bonds is 2. The second-order valence-electron chi connectivity index (χ2n) is 3.83. The molecular formula is C13H8ClF4N. The second kappa shape index (κ2) is 5.17. The Morgan fingerprint density at radius 3 is 2.16 bits per heavy atom. The molecule has 0 N–H and O–H groups in total. The van der Waals surface area contributed by atoms with Crippen molar-refractivity contribution in [3.05, 3.63) is 53.6 Å². The van der Waals surface area contributed by atoms with Gasteiger partial charge >= 0.3 is 6.18 Å². The molecule has 0 unspecified atom stereocenters. The second-order valence-corrected chi connectivity index (χ2v) is 4.10. The minimum atomic E-state index is -4.51. The van der Waals surface area contributed by atoms with Crippen LogP contribution in [0.1, 0.15) is 11.4 Å². The summed E-state index contributed by atoms with van der Waals surface area (Å²) in [6.07, 6.45) is -4.51. The Hall–Kier alpha value is -1.62. The molecule has 0 saturated carbocycles. The van der Waals surface area contributed by atoms with E-state index in [9.17, 15) is 17.6 Å². The van der Waals surface area contributed by atoms with Crippen LogP contribution in [0.25, 0.3) is 11.1 Å². The summed E-state index contributed by atoms with van der Waals surface area (Å²) in [5.41, 5.74) is 0.151. The fourth-order valence-electron chi connectivity index (χ4n) is 1.65. The fraction of sp³-hybridized carbons (Fsp3) is 0.154. The van der Waals surface area contributed by atoms with Gasteiger partial charge in [0.25, 0.3) is 0 Å². The summed E-state index contributed by atoms with van der Waals surface area (Å²) < 4.78 is 50.4. The molecule has 0 radical (unpaired) electrons. The quantitative estimate of drug-likeness (QED) is 0.579. The topological polar surface area (TPSA) is 12.9 Å². The molecule has 2 rings (SSSR count). The predicted molar refractivity (Wildman–Crippen MR) is 64.2 cm³/mol. The Labute approximate surface area is 111 Å². The number of benzene rings is 1. The fourth-order valence-corrected chi connectivity index (χ4v) is 1.86. The van der Waals surface area contributed by atoms with Crippen molar-refractivity contribution in [3.63, 3.8) is 0 Å². The molecule has 1 nitrogen and oxygen atoms in total. The van der Waals surface area contributed by atoms with E-state index in [2.05, 4.69) is 4.98 Å². The number of hydrogen-bond acceptors (Lipinski definition) is 1. The average Bonchev–Trinajstić information content (AvgIpc) is 2.38. The third-order valence-electron chi connectivity index (χ3n) is 2.55. The van der Waals surface area contributed by atoms with Crippen LogP contribution >= 0.6 is 11.6 Å². The number of nitrogens with zero attached hydrogens (tertiary/aromatic N) is 1. The van der Waals surface area contributed by atoms with Crippen LogP contribution in [-0.4, -0.2) is 4.98 Å². The third kappa shape index (κ3) is 3.04. The van der Waals surface area contributed by atoms with E-state index in [0.717, 1.165) is 6.07 Å². The zero-order valence-electron chi connectivity index (χ0n) is 9.51. The maximum atomic E-state index is 12.8. The molecular weight excluding hydrogens is 282 g/mol. The molecule has 1 aromatic carbocycles. The summed E-state index contributed by atoms with van der Waals surface area (Å²) in [4.78, 5) is 3.51. The van der Waals surface area contributed by atoms with Crippen molar-refractivity contribution < 1.29 is 17.6 Å². The summed E-state index contributed by atoms with van der Waals surface area (Å²) in [5, 5.41) is 0. The van der Waals surface area contributed by atoms with Gasteiger partial charge in [0.05, 0.1) is 11.6 Å². The Kier molecular flexibility index (Phi) is 3.75. The highest BCUT2D eigenvalue weighted by Crippen LogP contribution is 2.31. The smallest absolute Gasteiger partial charge is 0.246 e. The lowest BCUT2D eigenvalue weighted by atomic mass is 10.0. The van der Waals surface area contributed by atoms with Crippen LogP contribution in [0.3, 0.4) is 0 Å². The summed E-state index contributed by atoms with van der Waals surface area (Å²) in [5.74, 6) is -0.576. The molecule has 0 aliphatic heterocycles. The van der Waals surface area contributed by atoms with E-state index in [-0.39, 0.29) is 11.6 Å². The van der Waals surface area contributed by atoms with Gasteiger partial charge in [-0.3, -0.25) is 0 Å². The van der Waals surface area contributed by atoms with Crippen LogP contribution in [-0.2, 0) is 12.1 Å². The van der Waals surface area contributed by atoms with Gasteiger partial charge in [-0.05, 0) is 23.8 Å². The first kappa shape index (κ1) is 13.8. The van der Waals surface area contributed by atoms with Gasteiger partial charge in [-0.15, -0.1) is 11.6 Å². The summed E-state index contributed by atoms with van der Waals surface area (Å²) in [6.45, 7) is 0. The molecule has 1 heterocycles. The molecule has 2 aromatic rings. The molecule has 0 amide bonds. The van der Waals surface area contributed by atoms with Crippen molar-refractivity contribution in [2.45, 2.75) is 12.1 Å². The molecule has 19 heavy (non-hydrogen) atoms. The molecule has 1 aromatic heterocycles. The third-order valence-corrected chi connectivity index (χ3v) is 2.80. The number of hydrogen-bond donors (Lipinski definition) is 0. The molecule has 0 aliphatic carbocycles. The molecule has 0 bridgehead atoms. The SMILES string of the molecule is Fc1ccc(-c2ccc(C(F)(F)F)nc2CCl)cc1. The van der Waals surface area contributed by atoms with Crippen LogP contribution in [0.15, 0.2) is 36.4 Å². The van der Waals surface area contributed by atoms with Crippen molar-refractivity contribution in [2.24, 2.45) is 0 Å². The van der Waals surface area contributed by atoms with Crippen LogP contribution in [0.5, 0.6) is 0 Å². The van der Waals surface area contributed by atoms with Crippen molar-refractivity contribution in [2.75, 3.05) is 0 Å². The zero-order chi connectivity index (χ0) is 14.0. The highest BCUT2D eigenvalue weighted by molar-refractivity contribution is 6.17. The van der Waals surface area contributed by atoms with E-state index in [4.69, 9.17) is 11.6 Å². The lowest BCUT2D eigenvalue weighted by Gasteiger charge is -2.11. The largest absolute Gasteiger partial charge is 0.433 e. The van der Waals surface area contributed by atoms with Gasteiger partial charge in [0, 0.05) is 5.56 Å². The van der Waals surface area contributed by atoms with Crippen LogP contribution < -0.4 is 0 Å². The van der Waals surface area contributed by atoms with Crippen LogP contribution in [0.4, 0.5) is 17.6 Å². The first-order valence-corrected chi connectivity index (χ1v) is 5.84. The molecule has 0 fully saturated rings. The van der Waals surface area contributed by atoms with Gasteiger partial charge in [0.15, 0.2) is 0 Å². The normalized spacial score (nSPS) is 11.6. The van der Waals surface area contributed by atoms with Gasteiger partial charge in [0.1, 0.15) is 11.5 Å². The number of pyridine rings is 1. The Morgan fingerprint density at radius 1 is 1.00 bits per heavy atom. The predicted octanol–water partition coefficient (Wildman–Crippen LogP) is 4.65. The van der Waals surface area contributed by atoms with Gasteiger partial charge in [-0.25, -0.2) is 9.37 Å². The highest BCUT2D eigenvalue weighted by atomic mass is 35.5. The Balaban J connectivity index is 2.50. The lowest BCUT2D eigenvalue weighted by molar-refractivity contribution is -0.141. The molecule has 6 heteroatoms. The van der Waals surface area contributed by atoms with E-state index in [0.29, 0.717) is 11.1 Å². The van der Waals surface area contributed by atoms with E-state index >= 15 is 0 Å². The Bertz CT molecular complexity index is 578. The van der Waals surface area contributed by atoms with Crippen LogP contribution in [0.2, 0.25) is 0 Å². The maximum Gasteiger partial charge on any atom is 0.433 e. The number of halogens is 5. The van der Waals surface area contributed by atoms with Gasteiger partial charge < -0.3 is 0 Å². The molecule has 0 saturated heterocycles. The van der Waals surface area contributed by atoms with Crippen molar-refractivity contribution >= 4 is 11.6 Å².